The van der Waals surface area contributed by atoms with Gasteiger partial charge in [-0.05, 0) is 24.0 Å². The lowest BCUT2D eigenvalue weighted by Crippen LogP contribution is -2.53. The summed E-state index contributed by atoms with van der Waals surface area (Å²) in [6.45, 7) is 3.35. The number of nitrogens with zero attached hydrogens (tertiary/aromatic N) is 1. The molecule has 2 heterocycles. The van der Waals surface area contributed by atoms with Gasteiger partial charge in [-0.15, -0.1) is 0 Å². The minimum Gasteiger partial charge on any atom is -0.454 e. The van der Waals surface area contributed by atoms with Gasteiger partial charge in [0.1, 0.15) is 0 Å². The number of halogens is 3. The van der Waals surface area contributed by atoms with E-state index in [0.717, 1.165) is 0 Å². The highest BCUT2D eigenvalue weighted by Crippen LogP contribution is 2.45. The Kier molecular flexibility index (Phi) is 4.01. The molecule has 0 aliphatic carbocycles. The highest BCUT2D eigenvalue weighted by Gasteiger charge is 2.51. The minimum absolute atomic E-state index is 0.0492. The smallest absolute Gasteiger partial charge is 0.392 e. The number of hydrogen-bond acceptors (Lipinski definition) is 3. The van der Waals surface area contributed by atoms with Crippen molar-refractivity contribution in [2.45, 2.75) is 26.4 Å². The molecule has 0 radical (unpaired) electrons. The van der Waals surface area contributed by atoms with Crippen molar-refractivity contribution in [1.82, 2.24) is 4.90 Å². The van der Waals surface area contributed by atoms with E-state index in [2.05, 4.69) is 5.32 Å². The average Bonchev–Trinajstić information content (AvgIpc) is 2.92. The van der Waals surface area contributed by atoms with Gasteiger partial charge >= 0.3 is 12.2 Å². The predicted octanol–water partition coefficient (Wildman–Crippen LogP) is 3.86. The maximum absolute atomic E-state index is 13.1. The van der Waals surface area contributed by atoms with Crippen LogP contribution in [0.25, 0.3) is 0 Å². The third kappa shape index (κ3) is 3.22. The zero-order valence-corrected chi connectivity index (χ0v) is 13.4. The molecule has 0 saturated carbocycles. The average molecular weight is 344 g/mol. The van der Waals surface area contributed by atoms with Crippen LogP contribution in [-0.4, -0.2) is 37.0 Å². The van der Waals surface area contributed by atoms with Gasteiger partial charge in [0.2, 0.25) is 6.79 Å². The molecule has 0 aromatic heterocycles. The first-order chi connectivity index (χ1) is 11.2. The largest absolute Gasteiger partial charge is 0.454 e. The predicted molar refractivity (Wildman–Crippen MR) is 81.1 cm³/mol. The lowest BCUT2D eigenvalue weighted by atomic mass is 9.73. The van der Waals surface area contributed by atoms with Gasteiger partial charge < -0.3 is 19.7 Å². The number of carbonyl (C=O) groups excluding carboxylic acids is 1. The molecule has 5 nitrogen and oxygen atoms in total. The zero-order chi connectivity index (χ0) is 17.5. The number of alkyl halides is 3. The number of urea groups is 1. The summed E-state index contributed by atoms with van der Waals surface area (Å²) < 4.78 is 49.7. The second-order valence-electron chi connectivity index (χ2n) is 6.79. The number of benzene rings is 1. The molecule has 8 heteroatoms. The van der Waals surface area contributed by atoms with E-state index < -0.39 is 23.5 Å². The lowest BCUT2D eigenvalue weighted by Gasteiger charge is -2.44. The maximum Gasteiger partial charge on any atom is 0.392 e. The third-order valence-corrected chi connectivity index (χ3v) is 4.54. The molecule has 24 heavy (non-hydrogen) atoms. The van der Waals surface area contributed by atoms with Crippen LogP contribution in [0.4, 0.5) is 23.7 Å². The minimum atomic E-state index is -4.25. The summed E-state index contributed by atoms with van der Waals surface area (Å²) in [6, 6.07) is 4.56. The van der Waals surface area contributed by atoms with Crippen molar-refractivity contribution in [2.75, 3.05) is 25.2 Å². The molecule has 1 atom stereocenters. The maximum atomic E-state index is 13.1. The van der Waals surface area contributed by atoms with Crippen LogP contribution in [0.1, 0.15) is 20.3 Å². The Bertz CT molecular complexity index is 646. The van der Waals surface area contributed by atoms with Crippen molar-refractivity contribution in [3.63, 3.8) is 0 Å². The Morgan fingerprint density at radius 2 is 2.00 bits per heavy atom. The van der Waals surface area contributed by atoms with E-state index in [-0.39, 0.29) is 26.3 Å². The molecule has 1 aromatic rings. The van der Waals surface area contributed by atoms with Crippen LogP contribution >= 0.6 is 0 Å². The highest BCUT2D eigenvalue weighted by atomic mass is 19.4. The summed E-state index contributed by atoms with van der Waals surface area (Å²) in [5, 5.41) is 2.70. The molecule has 3 rings (SSSR count). The zero-order valence-electron chi connectivity index (χ0n) is 13.4. The van der Waals surface area contributed by atoms with Crippen molar-refractivity contribution >= 4 is 11.7 Å². The monoisotopic (exact) mass is 344 g/mol. The molecule has 0 spiro atoms. The normalized spacial score (nSPS) is 22.4. The van der Waals surface area contributed by atoms with Crippen molar-refractivity contribution in [3.05, 3.63) is 18.2 Å². The molecule has 2 aliphatic rings. The molecule has 0 bridgehead atoms. The van der Waals surface area contributed by atoms with Crippen LogP contribution in [-0.2, 0) is 0 Å². The molecule has 0 unspecified atom stereocenters. The number of anilines is 1. The standard InChI is InChI=1S/C16H19F3N2O3/c1-15(2)8-21(6-5-13(15)16(17,18)19)14(22)20-10-3-4-11-12(7-10)24-9-23-11/h3-4,7,13H,5-6,8-9H2,1-2H3,(H,20,22)/t13-/m0/s1. The van der Waals surface area contributed by atoms with E-state index in [1.807, 2.05) is 0 Å². The Morgan fingerprint density at radius 1 is 1.29 bits per heavy atom. The van der Waals surface area contributed by atoms with Crippen LogP contribution in [0.3, 0.4) is 0 Å². The number of hydrogen-bond donors (Lipinski definition) is 1. The van der Waals surface area contributed by atoms with Gasteiger partial charge in [-0.1, -0.05) is 13.8 Å². The van der Waals surface area contributed by atoms with E-state index in [4.69, 9.17) is 9.47 Å². The number of likely N-dealkylation sites (tertiary alicyclic amines) is 1. The second-order valence-corrected chi connectivity index (χ2v) is 6.79. The number of carbonyl (C=O) groups is 1. The Morgan fingerprint density at radius 3 is 2.67 bits per heavy atom. The van der Waals surface area contributed by atoms with E-state index >= 15 is 0 Å². The van der Waals surface area contributed by atoms with E-state index in [1.54, 1.807) is 32.0 Å². The van der Waals surface area contributed by atoms with Crippen molar-refractivity contribution in [1.29, 1.82) is 0 Å². The Balaban J connectivity index is 1.66. The van der Waals surface area contributed by atoms with E-state index in [1.165, 1.54) is 4.90 Å². The first kappa shape index (κ1) is 16.7. The van der Waals surface area contributed by atoms with Gasteiger partial charge in [0.05, 0.1) is 5.92 Å². The Labute approximate surface area is 137 Å². The van der Waals surface area contributed by atoms with Crippen LogP contribution in [0.15, 0.2) is 18.2 Å². The van der Waals surface area contributed by atoms with E-state index in [0.29, 0.717) is 17.2 Å². The van der Waals surface area contributed by atoms with Crippen molar-refractivity contribution in [3.8, 4) is 11.5 Å². The summed E-state index contributed by atoms with van der Waals surface area (Å²) in [5.74, 6) is -0.274. The number of ether oxygens (including phenoxy) is 2. The van der Waals surface area contributed by atoms with E-state index in [9.17, 15) is 18.0 Å². The summed E-state index contributed by atoms with van der Waals surface area (Å²) >= 11 is 0. The van der Waals surface area contributed by atoms with Gasteiger partial charge in [-0.3, -0.25) is 0 Å². The molecular formula is C16H19F3N2O3. The molecule has 2 amide bonds. The topological polar surface area (TPSA) is 50.8 Å². The van der Waals surface area contributed by atoms with Crippen LogP contribution in [0, 0.1) is 11.3 Å². The Hall–Kier alpha value is -2.12. The van der Waals surface area contributed by atoms with Crippen molar-refractivity contribution in [2.24, 2.45) is 11.3 Å². The SMILES string of the molecule is CC1(C)CN(C(=O)Nc2ccc3c(c2)OCO3)CC[C@@H]1C(F)(F)F. The highest BCUT2D eigenvalue weighted by molar-refractivity contribution is 5.89. The molecule has 1 aromatic carbocycles. The molecule has 1 N–H and O–H groups in total. The summed E-state index contributed by atoms with van der Waals surface area (Å²) in [6.07, 6.45) is -4.34. The first-order valence-corrected chi connectivity index (χ1v) is 7.69. The second kappa shape index (κ2) is 5.75. The van der Waals surface area contributed by atoms with Gasteiger partial charge in [0.25, 0.3) is 0 Å². The third-order valence-electron chi connectivity index (χ3n) is 4.54. The molecule has 1 fully saturated rings. The first-order valence-electron chi connectivity index (χ1n) is 7.69. The quantitative estimate of drug-likeness (QED) is 0.842. The van der Waals surface area contributed by atoms with Crippen LogP contribution in [0.5, 0.6) is 11.5 Å². The van der Waals surface area contributed by atoms with Crippen LogP contribution in [0.2, 0.25) is 0 Å². The van der Waals surface area contributed by atoms with Gasteiger partial charge in [-0.2, -0.15) is 13.2 Å². The number of rotatable bonds is 1. The van der Waals surface area contributed by atoms with Gasteiger partial charge in [-0.25, -0.2) is 4.79 Å². The van der Waals surface area contributed by atoms with Crippen LogP contribution < -0.4 is 14.8 Å². The lowest BCUT2D eigenvalue weighted by molar-refractivity contribution is -0.214. The van der Waals surface area contributed by atoms with Gasteiger partial charge in [0.15, 0.2) is 11.5 Å². The number of fused-ring (bicyclic) bond motifs is 1. The fourth-order valence-electron chi connectivity index (χ4n) is 3.31. The summed E-state index contributed by atoms with van der Waals surface area (Å²) in [5.41, 5.74) is -0.511. The van der Waals surface area contributed by atoms with Gasteiger partial charge in [0, 0.05) is 24.8 Å². The molecule has 1 saturated heterocycles. The number of piperidine rings is 1. The molecule has 2 aliphatic heterocycles. The fraction of sp³-hybridized carbons (Fsp3) is 0.562. The van der Waals surface area contributed by atoms with Crippen molar-refractivity contribution < 1.29 is 27.4 Å². The summed E-state index contributed by atoms with van der Waals surface area (Å²) in [7, 11) is 0. The molecule has 132 valence electrons. The number of nitrogens with one attached hydrogen (secondary N) is 1. The molecular weight excluding hydrogens is 325 g/mol. The number of amides is 2. The fourth-order valence-corrected chi connectivity index (χ4v) is 3.31. The summed E-state index contributed by atoms with van der Waals surface area (Å²) in [4.78, 5) is 13.8.